The number of amides is 1. The molecule has 8 heteroatoms. The van der Waals surface area contributed by atoms with Crippen LogP contribution < -0.4 is 9.88 Å². The molecule has 0 unspecified atom stereocenters. The lowest BCUT2D eigenvalue weighted by Gasteiger charge is -2.30. The van der Waals surface area contributed by atoms with E-state index in [-0.39, 0.29) is 5.91 Å². The zero-order valence-electron chi connectivity index (χ0n) is 11.5. The van der Waals surface area contributed by atoms with Crippen LogP contribution in [0.1, 0.15) is 0 Å². The quantitative estimate of drug-likeness (QED) is 0.808. The molecule has 7 nitrogen and oxygen atoms in total. The average molecular weight is 305 g/mol. The largest absolute Gasteiger partial charge is 0.334 e. The second kappa shape index (κ2) is 6.57. The number of carbonyl (C=O) groups excluding carboxylic acids is 1. The van der Waals surface area contributed by atoms with Gasteiger partial charge < -0.3 is 4.90 Å². The maximum atomic E-state index is 12.2. The van der Waals surface area contributed by atoms with E-state index in [2.05, 4.69) is 31.1 Å². The van der Waals surface area contributed by atoms with Crippen molar-refractivity contribution < 1.29 is 9.78 Å². The van der Waals surface area contributed by atoms with Gasteiger partial charge in [-0.1, -0.05) is 17.8 Å². The third kappa shape index (κ3) is 3.52. The highest BCUT2D eigenvalue weighted by Crippen LogP contribution is 2.14. The maximum absolute atomic E-state index is 12.2. The van der Waals surface area contributed by atoms with E-state index in [1.807, 2.05) is 23.2 Å². The highest BCUT2D eigenvalue weighted by atomic mass is 32.2. The van der Waals surface area contributed by atoms with Gasteiger partial charge in [-0.15, -0.1) is 0 Å². The molecule has 1 saturated heterocycles. The molecule has 21 heavy (non-hydrogen) atoms. The third-order valence-corrected chi connectivity index (χ3v) is 4.25. The zero-order chi connectivity index (χ0) is 14.5. The number of aromatic nitrogens is 4. The lowest BCUT2D eigenvalue weighted by molar-refractivity contribution is -0.364. The van der Waals surface area contributed by atoms with Gasteiger partial charge in [0.25, 0.3) is 5.82 Å². The Kier molecular flexibility index (Phi) is 4.34. The van der Waals surface area contributed by atoms with Crippen molar-refractivity contribution in [2.75, 3.05) is 36.8 Å². The number of piperazine rings is 1. The number of hydrogen-bond acceptors (Lipinski definition) is 5. The number of hydrogen-bond donors (Lipinski definition) is 1. The topological polar surface area (TPSA) is 79.3 Å². The van der Waals surface area contributed by atoms with Gasteiger partial charge in [-0.05, 0) is 6.07 Å². The number of rotatable bonds is 4. The van der Waals surface area contributed by atoms with E-state index in [1.165, 1.54) is 18.1 Å². The normalized spacial score (nSPS) is 15.2. The van der Waals surface area contributed by atoms with Crippen molar-refractivity contribution in [1.29, 1.82) is 0 Å². The highest BCUT2D eigenvalue weighted by molar-refractivity contribution is 7.99. The maximum Gasteiger partial charge on any atom is 0.274 e. The summed E-state index contributed by atoms with van der Waals surface area (Å²) in [6.45, 7) is 3.19. The molecule has 0 radical (unpaired) electrons. The molecule has 0 spiro atoms. The predicted octanol–water partition coefficient (Wildman–Crippen LogP) is 0.0597. The fourth-order valence-corrected chi connectivity index (χ4v) is 2.94. The summed E-state index contributed by atoms with van der Waals surface area (Å²) in [4.78, 5) is 23.5. The van der Waals surface area contributed by atoms with Crippen LogP contribution in [0.2, 0.25) is 0 Å². The summed E-state index contributed by atoms with van der Waals surface area (Å²) in [6, 6.07) is 6.03. The van der Waals surface area contributed by atoms with Gasteiger partial charge in [-0.3, -0.25) is 14.8 Å². The number of nitrogens with one attached hydrogen (secondary N) is 2. The second-order valence-electron chi connectivity index (χ2n) is 4.69. The number of carbonyl (C=O) groups is 1. The van der Waals surface area contributed by atoms with Gasteiger partial charge in [0.15, 0.2) is 5.16 Å². The number of anilines is 1. The van der Waals surface area contributed by atoms with E-state index in [4.69, 9.17) is 0 Å². The number of pyridine rings is 1. The summed E-state index contributed by atoms with van der Waals surface area (Å²) in [5.74, 6) is 1.64. The summed E-state index contributed by atoms with van der Waals surface area (Å²) in [5, 5.41) is 7.19. The van der Waals surface area contributed by atoms with Crippen molar-refractivity contribution in [1.82, 2.24) is 20.1 Å². The minimum absolute atomic E-state index is 0.146. The first kappa shape index (κ1) is 13.9. The van der Waals surface area contributed by atoms with Gasteiger partial charge in [-0.2, -0.15) is 5.10 Å². The van der Waals surface area contributed by atoms with Crippen molar-refractivity contribution >= 4 is 23.5 Å². The van der Waals surface area contributed by atoms with E-state index < -0.39 is 0 Å². The molecule has 2 aromatic rings. The van der Waals surface area contributed by atoms with E-state index in [0.717, 1.165) is 32.0 Å². The molecular formula is C13H17N6OS+. The lowest BCUT2D eigenvalue weighted by atomic mass is 10.3. The van der Waals surface area contributed by atoms with Crippen LogP contribution in [0.25, 0.3) is 0 Å². The molecule has 3 heterocycles. The average Bonchev–Trinajstić information content (AvgIpc) is 3.07. The highest BCUT2D eigenvalue weighted by Gasteiger charge is 2.25. The fourth-order valence-electron chi connectivity index (χ4n) is 2.26. The Bertz CT molecular complexity index is 568. The first-order valence-corrected chi connectivity index (χ1v) is 7.79. The van der Waals surface area contributed by atoms with Crippen LogP contribution in [-0.2, 0) is 4.79 Å². The Balaban J connectivity index is 1.48. The SMILES string of the molecule is O=C(CSc1ncn[nH]1)N1CCN(c2cccc[nH+]2)CC1. The molecule has 0 bridgehead atoms. The Morgan fingerprint density at radius 1 is 1.33 bits per heavy atom. The Morgan fingerprint density at radius 2 is 2.19 bits per heavy atom. The number of thioether (sulfide) groups is 1. The molecule has 110 valence electrons. The number of nitrogens with zero attached hydrogens (tertiary/aromatic N) is 4. The number of aromatic amines is 2. The summed E-state index contributed by atoms with van der Waals surface area (Å²) in [7, 11) is 0. The van der Waals surface area contributed by atoms with Crippen LogP contribution in [-0.4, -0.2) is 57.9 Å². The van der Waals surface area contributed by atoms with Crippen LogP contribution in [0.15, 0.2) is 35.9 Å². The molecule has 0 aromatic carbocycles. The van der Waals surface area contributed by atoms with E-state index in [1.54, 1.807) is 0 Å². The molecule has 1 aliphatic rings. The van der Waals surface area contributed by atoms with Crippen molar-refractivity contribution in [3.05, 3.63) is 30.7 Å². The van der Waals surface area contributed by atoms with Crippen molar-refractivity contribution in [2.24, 2.45) is 0 Å². The smallest absolute Gasteiger partial charge is 0.274 e. The third-order valence-electron chi connectivity index (χ3n) is 3.39. The molecule has 3 rings (SSSR count). The molecule has 1 amide bonds. The van der Waals surface area contributed by atoms with Crippen molar-refractivity contribution in [3.8, 4) is 0 Å². The van der Waals surface area contributed by atoms with E-state index in [9.17, 15) is 4.79 Å². The summed E-state index contributed by atoms with van der Waals surface area (Å²) >= 11 is 1.39. The number of H-pyrrole nitrogens is 2. The first-order chi connectivity index (χ1) is 10.3. The monoisotopic (exact) mass is 305 g/mol. The summed E-state index contributed by atoms with van der Waals surface area (Å²) < 4.78 is 0. The molecule has 1 aliphatic heterocycles. The Morgan fingerprint density at radius 3 is 2.86 bits per heavy atom. The Labute approximate surface area is 126 Å². The van der Waals surface area contributed by atoms with Crippen LogP contribution in [0.4, 0.5) is 5.82 Å². The molecule has 2 N–H and O–H groups in total. The molecule has 0 saturated carbocycles. The lowest BCUT2D eigenvalue weighted by Crippen LogP contribution is -2.50. The summed E-state index contributed by atoms with van der Waals surface area (Å²) in [5.41, 5.74) is 0. The predicted molar refractivity (Wildman–Crippen MR) is 78.9 cm³/mol. The van der Waals surface area contributed by atoms with Gasteiger partial charge in [0, 0.05) is 6.07 Å². The van der Waals surface area contributed by atoms with E-state index >= 15 is 0 Å². The fraction of sp³-hybridized carbons (Fsp3) is 0.385. The standard InChI is InChI=1S/C13H16N6OS/c20-12(9-21-13-15-10-16-17-13)19-7-5-18(6-8-19)11-3-1-2-4-14-11/h1-4,10H,5-9H2,(H,15,16,17)/p+1. The van der Waals surface area contributed by atoms with Gasteiger partial charge in [-0.25, -0.2) is 9.97 Å². The molecular weight excluding hydrogens is 288 g/mol. The van der Waals surface area contributed by atoms with Crippen molar-refractivity contribution in [3.63, 3.8) is 0 Å². The van der Waals surface area contributed by atoms with Gasteiger partial charge in [0.1, 0.15) is 19.4 Å². The van der Waals surface area contributed by atoms with Crippen LogP contribution in [0.5, 0.6) is 0 Å². The van der Waals surface area contributed by atoms with Crippen LogP contribution >= 0.6 is 11.8 Å². The molecule has 2 aromatic heterocycles. The minimum atomic E-state index is 0.146. The van der Waals surface area contributed by atoms with E-state index in [0.29, 0.717) is 10.9 Å². The van der Waals surface area contributed by atoms with Crippen molar-refractivity contribution in [2.45, 2.75) is 5.16 Å². The van der Waals surface area contributed by atoms with Gasteiger partial charge in [0.2, 0.25) is 5.91 Å². The summed E-state index contributed by atoms with van der Waals surface area (Å²) in [6.07, 6.45) is 3.36. The molecule has 1 fully saturated rings. The Hall–Kier alpha value is -2.09. The van der Waals surface area contributed by atoms with Gasteiger partial charge >= 0.3 is 0 Å². The first-order valence-electron chi connectivity index (χ1n) is 6.80. The molecule has 0 aliphatic carbocycles. The van der Waals surface area contributed by atoms with Gasteiger partial charge in [0.05, 0.1) is 25.0 Å². The minimum Gasteiger partial charge on any atom is -0.334 e. The molecule has 0 atom stereocenters. The van der Waals surface area contributed by atoms with Crippen LogP contribution in [0, 0.1) is 0 Å². The second-order valence-corrected chi connectivity index (χ2v) is 5.66. The van der Waals surface area contributed by atoms with Crippen LogP contribution in [0.3, 0.4) is 0 Å². The zero-order valence-corrected chi connectivity index (χ0v) is 12.3.